The lowest BCUT2D eigenvalue weighted by molar-refractivity contribution is -0.144. The molecule has 6 heteroatoms. The van der Waals surface area contributed by atoms with Gasteiger partial charge in [-0.25, -0.2) is 9.59 Å². The Labute approximate surface area is 108 Å². The highest BCUT2D eigenvalue weighted by atomic mass is 16.5. The second-order valence-corrected chi connectivity index (χ2v) is 4.49. The van der Waals surface area contributed by atoms with Crippen LogP contribution in [-0.4, -0.2) is 41.9 Å². The molecule has 18 heavy (non-hydrogen) atoms. The number of carbonyl (C=O) groups excluding carboxylic acids is 1. The third-order valence-electron chi connectivity index (χ3n) is 2.61. The number of urea groups is 1. The van der Waals surface area contributed by atoms with E-state index in [2.05, 4.69) is 10.6 Å². The molecule has 2 amide bonds. The fourth-order valence-corrected chi connectivity index (χ4v) is 1.60. The van der Waals surface area contributed by atoms with Crippen LogP contribution < -0.4 is 10.6 Å². The van der Waals surface area contributed by atoms with E-state index in [1.807, 2.05) is 20.8 Å². The van der Waals surface area contributed by atoms with Crippen LogP contribution in [0.1, 0.15) is 40.5 Å². The molecule has 0 rings (SSSR count). The smallest absolute Gasteiger partial charge is 0.329 e. The molecule has 0 aromatic carbocycles. The van der Waals surface area contributed by atoms with Crippen LogP contribution in [0, 0.1) is 0 Å². The average molecular weight is 260 g/mol. The first-order valence-electron chi connectivity index (χ1n) is 6.26. The minimum atomic E-state index is -1.23. The topological polar surface area (TPSA) is 87.7 Å². The molecule has 0 saturated heterocycles. The van der Waals surface area contributed by atoms with Gasteiger partial charge in [0.05, 0.1) is 6.10 Å². The van der Waals surface area contributed by atoms with Crippen LogP contribution in [-0.2, 0) is 9.53 Å². The number of amides is 2. The molecule has 2 atom stereocenters. The van der Waals surface area contributed by atoms with Crippen LogP contribution in [0.15, 0.2) is 0 Å². The molecule has 0 aliphatic rings. The average Bonchev–Trinajstić information content (AvgIpc) is 2.27. The second-order valence-electron chi connectivity index (χ2n) is 4.49. The first-order valence-corrected chi connectivity index (χ1v) is 6.26. The number of nitrogens with one attached hydrogen (secondary N) is 2. The summed E-state index contributed by atoms with van der Waals surface area (Å²) in [7, 11) is 0. The Morgan fingerprint density at radius 1 is 1.39 bits per heavy atom. The lowest BCUT2D eigenvalue weighted by atomic mass is 9.97. The standard InChI is InChI=1S/C12H24N2O4/c1-5-7-12(4,10(15)16)14-11(17)13-8-9(3)18-6-2/h9H,5-8H2,1-4H3,(H,15,16)(H2,13,14,17). The molecular weight excluding hydrogens is 236 g/mol. The van der Waals surface area contributed by atoms with Crippen molar-refractivity contribution in [3.05, 3.63) is 0 Å². The lowest BCUT2D eigenvalue weighted by Crippen LogP contribution is -2.55. The molecule has 0 bridgehead atoms. The number of carboxylic acid groups (broad SMARTS) is 1. The summed E-state index contributed by atoms with van der Waals surface area (Å²) in [4.78, 5) is 22.7. The highest BCUT2D eigenvalue weighted by Gasteiger charge is 2.33. The minimum Gasteiger partial charge on any atom is -0.480 e. The van der Waals surface area contributed by atoms with Gasteiger partial charge in [-0.3, -0.25) is 0 Å². The fourth-order valence-electron chi connectivity index (χ4n) is 1.60. The third kappa shape index (κ3) is 5.86. The van der Waals surface area contributed by atoms with E-state index in [-0.39, 0.29) is 6.10 Å². The molecule has 106 valence electrons. The Hall–Kier alpha value is -1.30. The van der Waals surface area contributed by atoms with Crippen molar-refractivity contribution in [3.8, 4) is 0 Å². The molecule has 0 aliphatic carbocycles. The number of hydrogen-bond acceptors (Lipinski definition) is 3. The van der Waals surface area contributed by atoms with Gasteiger partial charge in [-0.05, 0) is 27.2 Å². The number of carboxylic acids is 1. The van der Waals surface area contributed by atoms with Gasteiger partial charge in [0, 0.05) is 13.2 Å². The normalized spacial score (nSPS) is 15.6. The van der Waals surface area contributed by atoms with Crippen LogP contribution in [0.3, 0.4) is 0 Å². The summed E-state index contributed by atoms with van der Waals surface area (Å²) >= 11 is 0. The van der Waals surface area contributed by atoms with Crippen molar-refractivity contribution in [2.45, 2.75) is 52.2 Å². The molecule has 0 aliphatic heterocycles. The number of carbonyl (C=O) groups is 2. The van der Waals surface area contributed by atoms with Gasteiger partial charge in [-0.1, -0.05) is 13.3 Å². The number of ether oxygens (including phenoxy) is 1. The Kier molecular flexibility index (Phi) is 7.35. The van der Waals surface area contributed by atoms with Gasteiger partial charge in [-0.15, -0.1) is 0 Å². The Morgan fingerprint density at radius 2 is 2.00 bits per heavy atom. The van der Waals surface area contributed by atoms with Crippen LogP contribution in [0.4, 0.5) is 4.79 Å². The zero-order valence-electron chi connectivity index (χ0n) is 11.6. The SMILES string of the molecule is CCCC(C)(NC(=O)NCC(C)OCC)C(=O)O. The van der Waals surface area contributed by atoms with E-state index in [4.69, 9.17) is 9.84 Å². The molecule has 0 spiro atoms. The molecule has 0 aromatic rings. The number of hydrogen-bond donors (Lipinski definition) is 3. The quantitative estimate of drug-likeness (QED) is 0.615. The van der Waals surface area contributed by atoms with Gasteiger partial charge in [0.15, 0.2) is 0 Å². The highest BCUT2D eigenvalue weighted by Crippen LogP contribution is 2.12. The lowest BCUT2D eigenvalue weighted by Gasteiger charge is -2.26. The maximum absolute atomic E-state index is 11.6. The van der Waals surface area contributed by atoms with Crippen molar-refractivity contribution in [3.63, 3.8) is 0 Å². The summed E-state index contributed by atoms with van der Waals surface area (Å²) in [5.41, 5.74) is -1.23. The van der Waals surface area contributed by atoms with Crippen LogP contribution in [0.25, 0.3) is 0 Å². The van der Waals surface area contributed by atoms with Gasteiger partial charge in [0.1, 0.15) is 5.54 Å². The van der Waals surface area contributed by atoms with Crippen LogP contribution in [0.2, 0.25) is 0 Å². The van der Waals surface area contributed by atoms with E-state index in [9.17, 15) is 9.59 Å². The van der Waals surface area contributed by atoms with E-state index in [1.54, 1.807) is 0 Å². The number of aliphatic carboxylic acids is 1. The van der Waals surface area contributed by atoms with Crippen LogP contribution in [0.5, 0.6) is 0 Å². The van der Waals surface area contributed by atoms with Gasteiger partial charge in [0.25, 0.3) is 0 Å². The summed E-state index contributed by atoms with van der Waals surface area (Å²) in [5, 5.41) is 14.2. The minimum absolute atomic E-state index is 0.0944. The maximum Gasteiger partial charge on any atom is 0.329 e. The van der Waals surface area contributed by atoms with Gasteiger partial charge < -0.3 is 20.5 Å². The molecule has 0 radical (unpaired) electrons. The Balaban J connectivity index is 4.23. The predicted molar refractivity (Wildman–Crippen MR) is 68.6 cm³/mol. The number of rotatable bonds is 8. The van der Waals surface area contributed by atoms with Gasteiger partial charge in [0.2, 0.25) is 0 Å². The molecule has 2 unspecified atom stereocenters. The molecule has 6 nitrogen and oxygen atoms in total. The molecule has 0 saturated carbocycles. The maximum atomic E-state index is 11.6. The highest BCUT2D eigenvalue weighted by molar-refractivity contribution is 5.85. The third-order valence-corrected chi connectivity index (χ3v) is 2.61. The molecular formula is C12H24N2O4. The van der Waals surface area contributed by atoms with Crippen molar-refractivity contribution in [2.24, 2.45) is 0 Å². The predicted octanol–water partition coefficient (Wildman–Crippen LogP) is 1.35. The zero-order valence-corrected chi connectivity index (χ0v) is 11.6. The van der Waals surface area contributed by atoms with E-state index in [0.29, 0.717) is 26.0 Å². The van der Waals surface area contributed by atoms with Crippen LogP contribution >= 0.6 is 0 Å². The van der Waals surface area contributed by atoms with Gasteiger partial charge >= 0.3 is 12.0 Å². The van der Waals surface area contributed by atoms with E-state index in [1.165, 1.54) is 6.92 Å². The zero-order chi connectivity index (χ0) is 14.2. The summed E-state index contributed by atoms with van der Waals surface area (Å²) < 4.78 is 5.26. The van der Waals surface area contributed by atoms with E-state index < -0.39 is 17.5 Å². The van der Waals surface area contributed by atoms with Crippen molar-refractivity contribution < 1.29 is 19.4 Å². The molecule has 0 aromatic heterocycles. The van der Waals surface area contributed by atoms with E-state index in [0.717, 1.165) is 0 Å². The Bertz CT molecular complexity index is 283. The largest absolute Gasteiger partial charge is 0.480 e. The van der Waals surface area contributed by atoms with Crippen molar-refractivity contribution in [1.82, 2.24) is 10.6 Å². The molecule has 0 heterocycles. The summed E-state index contributed by atoms with van der Waals surface area (Å²) in [5.74, 6) is -1.03. The van der Waals surface area contributed by atoms with Crippen molar-refractivity contribution >= 4 is 12.0 Å². The first kappa shape index (κ1) is 16.7. The van der Waals surface area contributed by atoms with Crippen molar-refractivity contribution in [2.75, 3.05) is 13.2 Å². The summed E-state index contributed by atoms with van der Waals surface area (Å²) in [6, 6.07) is -0.486. The molecule has 0 fully saturated rings. The summed E-state index contributed by atoms with van der Waals surface area (Å²) in [6.45, 7) is 8.02. The Morgan fingerprint density at radius 3 is 2.44 bits per heavy atom. The summed E-state index contributed by atoms with van der Waals surface area (Å²) in [6.07, 6.45) is 0.970. The first-order chi connectivity index (χ1) is 8.35. The fraction of sp³-hybridized carbons (Fsp3) is 0.833. The monoisotopic (exact) mass is 260 g/mol. The van der Waals surface area contributed by atoms with E-state index >= 15 is 0 Å². The second kappa shape index (κ2) is 7.92. The van der Waals surface area contributed by atoms with Gasteiger partial charge in [-0.2, -0.15) is 0 Å². The van der Waals surface area contributed by atoms with Crippen molar-refractivity contribution in [1.29, 1.82) is 0 Å². The molecule has 3 N–H and O–H groups in total.